The molecule has 6 atom stereocenters. The van der Waals surface area contributed by atoms with Crippen LogP contribution in [0.4, 0.5) is 9.59 Å². The maximum Gasteiger partial charge on any atom is 0.509 e. The minimum absolute atomic E-state index is 0.0743. The van der Waals surface area contributed by atoms with E-state index < -0.39 is 82.6 Å². The first-order chi connectivity index (χ1) is 31.6. The molecule has 0 saturated heterocycles. The van der Waals surface area contributed by atoms with Gasteiger partial charge in [0.15, 0.2) is 17.6 Å². The predicted molar refractivity (Wildman–Crippen MR) is 242 cm³/mol. The van der Waals surface area contributed by atoms with Gasteiger partial charge >= 0.3 is 24.2 Å². The number of phenols is 1. The third-order valence-electron chi connectivity index (χ3n) is 11.9. The van der Waals surface area contributed by atoms with Crippen molar-refractivity contribution in [2.45, 2.75) is 128 Å². The van der Waals surface area contributed by atoms with Crippen LogP contribution in [0.15, 0.2) is 84.6 Å². The second-order valence-electron chi connectivity index (χ2n) is 18.9. The number of hydrogen-bond donors (Lipinski definition) is 3. The van der Waals surface area contributed by atoms with E-state index in [-0.39, 0.29) is 49.6 Å². The molecule has 3 N–H and O–H groups in total. The van der Waals surface area contributed by atoms with Crippen molar-refractivity contribution in [3.63, 3.8) is 0 Å². The van der Waals surface area contributed by atoms with Gasteiger partial charge in [0.2, 0.25) is 12.2 Å². The van der Waals surface area contributed by atoms with Crippen molar-refractivity contribution >= 4 is 36.1 Å². The highest BCUT2D eigenvalue weighted by molar-refractivity contribution is 5.85. The summed E-state index contributed by atoms with van der Waals surface area (Å²) in [6.07, 6.45) is -4.26. The number of hydrogen-bond acceptors (Lipinski definition) is 15. The number of phenolic OH excluding ortho intramolecular Hbond substituents is 1. The Morgan fingerprint density at radius 2 is 1.28 bits per heavy atom. The Morgan fingerprint density at radius 3 is 1.78 bits per heavy atom. The van der Waals surface area contributed by atoms with Crippen molar-refractivity contribution in [3.8, 4) is 11.5 Å². The largest absolute Gasteiger partial charge is 0.509 e. The van der Waals surface area contributed by atoms with Crippen LogP contribution in [0.3, 0.4) is 0 Å². The number of carbonyl (C=O) groups excluding carboxylic acids is 6. The van der Waals surface area contributed by atoms with Crippen molar-refractivity contribution < 1.29 is 67.0 Å². The molecule has 3 aromatic carbocycles. The van der Waals surface area contributed by atoms with Crippen LogP contribution in [0.5, 0.6) is 11.5 Å². The van der Waals surface area contributed by atoms with Crippen molar-refractivity contribution in [1.29, 1.82) is 0 Å². The molecular formula is C50H61N3O14. The normalized spacial score (nSPS) is 21.3. The molecule has 2 aliphatic carbocycles. The fourth-order valence-corrected chi connectivity index (χ4v) is 8.82. The van der Waals surface area contributed by atoms with E-state index in [0.29, 0.717) is 29.7 Å². The summed E-state index contributed by atoms with van der Waals surface area (Å²) in [5.41, 5.74) is -2.03. The van der Waals surface area contributed by atoms with Crippen LogP contribution in [-0.2, 0) is 59.4 Å². The summed E-state index contributed by atoms with van der Waals surface area (Å²) >= 11 is 0. The molecular weight excluding hydrogens is 867 g/mol. The second kappa shape index (κ2) is 20.1. The summed E-state index contributed by atoms with van der Waals surface area (Å²) in [5, 5.41) is 16.5. The van der Waals surface area contributed by atoms with Crippen LogP contribution < -0.4 is 15.4 Å². The van der Waals surface area contributed by atoms with E-state index in [1.54, 1.807) is 114 Å². The van der Waals surface area contributed by atoms with Gasteiger partial charge in [-0.1, -0.05) is 73.7 Å². The van der Waals surface area contributed by atoms with Gasteiger partial charge in [-0.05, 0) is 86.2 Å². The van der Waals surface area contributed by atoms with E-state index in [9.17, 15) is 33.9 Å². The number of rotatable bonds is 16. The van der Waals surface area contributed by atoms with Gasteiger partial charge in [-0.3, -0.25) is 24.1 Å². The third kappa shape index (κ3) is 11.2. The molecule has 6 rings (SSSR count). The third-order valence-corrected chi connectivity index (χ3v) is 11.9. The standard InChI is InChI=1S/C50H61N3O14/c1-10-53(9)35-29-32-21-22-33(54)41-38(32)49(8)42(62-41)34(61-36(55)24-27-51-43(57)39(30-17-13-11-14-18-30)63-45(59)66-47(2,3)4)23-26-50(35,49)65-37(56)25-28-52-44(58)40(31-19-15-12-16-20-31)64-46(60)67-48(5,6)7/h11-23,35,39-40,42,54H,10,24-29H2,1-9H3,(H,51,57)(H,52,58)/t35-,39+,40+,42+,49+,50-/m1/s1. The van der Waals surface area contributed by atoms with Gasteiger partial charge in [-0.15, -0.1) is 0 Å². The highest BCUT2D eigenvalue weighted by Crippen LogP contribution is 2.63. The molecule has 17 heteroatoms. The molecule has 3 aromatic rings. The monoisotopic (exact) mass is 927 g/mol. The Labute approximate surface area is 390 Å². The van der Waals surface area contributed by atoms with Crippen LogP contribution in [0.2, 0.25) is 0 Å². The van der Waals surface area contributed by atoms with E-state index in [1.807, 2.05) is 27.0 Å². The smallest absolute Gasteiger partial charge is 0.504 e. The minimum atomic E-state index is -1.37. The lowest BCUT2D eigenvalue weighted by Crippen LogP contribution is -2.71. The van der Waals surface area contributed by atoms with Gasteiger partial charge in [-0.2, -0.15) is 0 Å². The average Bonchev–Trinajstić information content (AvgIpc) is 3.60. The molecule has 0 saturated carbocycles. The van der Waals surface area contributed by atoms with Crippen molar-refractivity contribution in [2.24, 2.45) is 0 Å². The molecule has 67 heavy (non-hydrogen) atoms. The Kier molecular flexibility index (Phi) is 14.9. The van der Waals surface area contributed by atoms with E-state index in [0.717, 1.165) is 5.56 Å². The summed E-state index contributed by atoms with van der Waals surface area (Å²) < 4.78 is 40.6. The number of nitrogens with zero attached hydrogens (tertiary/aromatic N) is 1. The van der Waals surface area contributed by atoms with E-state index in [2.05, 4.69) is 15.5 Å². The van der Waals surface area contributed by atoms with Gasteiger partial charge in [0.05, 0.1) is 24.3 Å². The number of ether oxygens (including phenoxy) is 7. The SMILES string of the molecule is CCN(C)[C@@H]1Cc2ccc(O)c3c2[C@@]2(C)[C@@H](O3)C(OC(=O)CCNC(=O)[C@@H](OC(=O)OC(C)(C)C)c3ccccc3)=CC[C@@]12OC(=O)CCNC(=O)[C@@H](OC(=O)OC(C)(C)C)c1ccccc1. The number of benzene rings is 3. The number of esters is 2. The molecule has 0 radical (unpaired) electrons. The van der Waals surface area contributed by atoms with Crippen LogP contribution in [0.25, 0.3) is 0 Å². The van der Waals surface area contributed by atoms with Crippen LogP contribution >= 0.6 is 0 Å². The van der Waals surface area contributed by atoms with Crippen molar-refractivity contribution in [1.82, 2.24) is 15.5 Å². The summed E-state index contributed by atoms with van der Waals surface area (Å²) in [5.74, 6) is -2.55. The maximum absolute atomic E-state index is 14.1. The minimum Gasteiger partial charge on any atom is -0.504 e. The van der Waals surface area contributed by atoms with Crippen LogP contribution in [-0.4, -0.2) is 102 Å². The van der Waals surface area contributed by atoms with Gasteiger partial charge in [-0.25, -0.2) is 9.59 Å². The number of amides is 2. The molecule has 0 bridgehead atoms. The summed E-state index contributed by atoms with van der Waals surface area (Å²) in [4.78, 5) is 82.0. The van der Waals surface area contributed by atoms with E-state index in [4.69, 9.17) is 33.2 Å². The fourth-order valence-electron chi connectivity index (χ4n) is 8.82. The molecule has 17 nitrogen and oxygen atoms in total. The lowest BCUT2D eigenvalue weighted by Gasteiger charge is -2.58. The lowest BCUT2D eigenvalue weighted by atomic mass is 9.54. The first-order valence-electron chi connectivity index (χ1n) is 22.4. The van der Waals surface area contributed by atoms with Gasteiger partial charge < -0.3 is 48.9 Å². The zero-order valence-electron chi connectivity index (χ0n) is 39.5. The molecule has 0 unspecified atom stereocenters. The molecule has 3 aliphatic rings. The Bertz CT molecular complexity index is 2360. The average molecular weight is 928 g/mol. The first kappa shape index (κ1) is 49.8. The first-order valence-corrected chi connectivity index (χ1v) is 22.4. The zero-order valence-corrected chi connectivity index (χ0v) is 39.5. The summed E-state index contributed by atoms with van der Waals surface area (Å²) in [6, 6.07) is 19.7. The number of carbonyl (C=O) groups is 6. The molecule has 1 heterocycles. The molecule has 2 amide bonds. The number of likely N-dealkylation sites (N-methyl/N-ethyl adjacent to an activating group) is 1. The number of aromatic hydroxyl groups is 1. The van der Waals surface area contributed by atoms with E-state index in [1.165, 1.54) is 0 Å². The van der Waals surface area contributed by atoms with Crippen LogP contribution in [0, 0.1) is 0 Å². The Hall–Kier alpha value is -6.62. The highest BCUT2D eigenvalue weighted by Gasteiger charge is 2.71. The van der Waals surface area contributed by atoms with Crippen LogP contribution in [0.1, 0.15) is 109 Å². The molecule has 1 aliphatic heterocycles. The molecule has 0 fully saturated rings. The predicted octanol–water partition coefficient (Wildman–Crippen LogP) is 6.80. The highest BCUT2D eigenvalue weighted by atomic mass is 16.7. The summed E-state index contributed by atoms with van der Waals surface area (Å²) in [6.45, 7) is 14.1. The van der Waals surface area contributed by atoms with Crippen molar-refractivity contribution in [2.75, 3.05) is 26.7 Å². The topological polar surface area (TPSA) is 215 Å². The maximum atomic E-state index is 14.1. The molecule has 0 aromatic heterocycles. The van der Waals surface area contributed by atoms with Gasteiger partial charge in [0.25, 0.3) is 11.8 Å². The Morgan fingerprint density at radius 1 is 0.776 bits per heavy atom. The fraction of sp³-hybridized carbons (Fsp3) is 0.480. The summed E-state index contributed by atoms with van der Waals surface area (Å²) in [7, 11) is 1.92. The van der Waals surface area contributed by atoms with Crippen molar-refractivity contribution in [3.05, 3.63) is 107 Å². The van der Waals surface area contributed by atoms with E-state index >= 15 is 0 Å². The lowest BCUT2D eigenvalue weighted by molar-refractivity contribution is -0.191. The second-order valence-corrected chi connectivity index (χ2v) is 18.9. The molecule has 0 spiro atoms. The Balaban J connectivity index is 1.19. The van der Waals surface area contributed by atoms with Gasteiger partial charge in [0.1, 0.15) is 22.6 Å². The zero-order chi connectivity index (χ0) is 48.9. The molecule has 360 valence electrons. The van der Waals surface area contributed by atoms with Gasteiger partial charge in [0, 0.05) is 36.2 Å². The quantitative estimate of drug-likeness (QED) is 0.0995. The number of nitrogens with one attached hydrogen (secondary N) is 2.